The van der Waals surface area contributed by atoms with Crippen molar-refractivity contribution in [3.8, 4) is 0 Å². The Morgan fingerprint density at radius 2 is 2.12 bits per heavy atom. The van der Waals surface area contributed by atoms with Gasteiger partial charge in [0.05, 0.1) is 18.1 Å². The van der Waals surface area contributed by atoms with Crippen LogP contribution in [0.1, 0.15) is 5.82 Å². The largest absolute Gasteiger partial charge is 0.392 e. The Labute approximate surface area is 96.0 Å². The highest BCUT2D eigenvalue weighted by Gasteiger charge is 2.12. The number of thiocarbonyl (C=S) groups is 1. The van der Waals surface area contributed by atoms with E-state index in [0.29, 0.717) is 5.82 Å². The van der Waals surface area contributed by atoms with Crippen molar-refractivity contribution in [2.24, 2.45) is 5.73 Å². The Morgan fingerprint density at radius 3 is 2.69 bits per heavy atom. The van der Waals surface area contributed by atoms with E-state index in [4.69, 9.17) is 5.73 Å². The van der Waals surface area contributed by atoms with Crippen LogP contribution >= 0.6 is 12.2 Å². The molecule has 5 N–H and O–H groups in total. The van der Waals surface area contributed by atoms with Gasteiger partial charge in [-0.1, -0.05) is 12.2 Å². The summed E-state index contributed by atoms with van der Waals surface area (Å²) >= 11 is 4.54. The highest BCUT2D eigenvalue weighted by atomic mass is 32.1. The van der Waals surface area contributed by atoms with Crippen LogP contribution in [0.25, 0.3) is 0 Å². The van der Waals surface area contributed by atoms with Gasteiger partial charge in [-0.15, -0.1) is 0 Å². The molecule has 2 amide bonds. The summed E-state index contributed by atoms with van der Waals surface area (Å²) in [5.74, 6) is -1.13. The van der Waals surface area contributed by atoms with Crippen molar-refractivity contribution in [2.45, 2.75) is 6.54 Å². The van der Waals surface area contributed by atoms with Crippen LogP contribution in [0.2, 0.25) is 0 Å². The van der Waals surface area contributed by atoms with E-state index in [2.05, 4.69) is 38.0 Å². The molecule has 1 rings (SSSR count). The number of nitrogens with zero attached hydrogens (tertiary/aromatic N) is 2. The molecule has 0 aliphatic carbocycles. The molecule has 8 nitrogen and oxygen atoms in total. The van der Waals surface area contributed by atoms with E-state index in [0.717, 1.165) is 0 Å². The standard InChI is InChI=1S/C7H10N6O2S/c8-4(16)1-9-6(14)7(15)10-2-5-11-3-12-13-5/h3H,1-2H2,(H2,8,16)(H,9,14)(H,10,15)(H,11,12,13). The predicted molar refractivity (Wildman–Crippen MR) is 58.0 cm³/mol. The van der Waals surface area contributed by atoms with E-state index in [1.54, 1.807) is 0 Å². The number of nitrogens with one attached hydrogen (secondary N) is 3. The van der Waals surface area contributed by atoms with Crippen LogP contribution in [0.5, 0.6) is 0 Å². The van der Waals surface area contributed by atoms with Crippen molar-refractivity contribution in [3.05, 3.63) is 12.2 Å². The number of hydrogen-bond acceptors (Lipinski definition) is 5. The van der Waals surface area contributed by atoms with Crippen molar-refractivity contribution in [3.63, 3.8) is 0 Å². The summed E-state index contributed by atoms with van der Waals surface area (Å²) in [5.41, 5.74) is 5.15. The topological polar surface area (TPSA) is 126 Å². The molecule has 0 saturated carbocycles. The highest BCUT2D eigenvalue weighted by molar-refractivity contribution is 7.80. The van der Waals surface area contributed by atoms with Gasteiger partial charge in [0.2, 0.25) is 0 Å². The third-order valence-electron chi connectivity index (χ3n) is 1.51. The lowest BCUT2D eigenvalue weighted by Crippen LogP contribution is -2.42. The SMILES string of the molecule is NC(=S)CNC(=O)C(=O)NCc1ncn[nH]1. The number of amides is 2. The molecule has 0 aliphatic heterocycles. The van der Waals surface area contributed by atoms with E-state index >= 15 is 0 Å². The van der Waals surface area contributed by atoms with Crippen LogP contribution in [0.15, 0.2) is 6.33 Å². The van der Waals surface area contributed by atoms with Crippen molar-refractivity contribution in [2.75, 3.05) is 6.54 Å². The second-order valence-electron chi connectivity index (χ2n) is 2.76. The minimum atomic E-state index is -0.799. The molecule has 0 fully saturated rings. The van der Waals surface area contributed by atoms with Gasteiger partial charge in [-0.3, -0.25) is 14.7 Å². The Kier molecular flexibility index (Phi) is 4.33. The zero-order valence-corrected chi connectivity index (χ0v) is 9.00. The lowest BCUT2D eigenvalue weighted by molar-refractivity contribution is -0.139. The maximum Gasteiger partial charge on any atom is 0.309 e. The maximum absolute atomic E-state index is 11.2. The van der Waals surface area contributed by atoms with Gasteiger partial charge >= 0.3 is 11.8 Å². The van der Waals surface area contributed by atoms with Crippen LogP contribution in [-0.2, 0) is 16.1 Å². The number of aromatic amines is 1. The number of carbonyl (C=O) groups excluding carboxylic acids is 2. The van der Waals surface area contributed by atoms with Gasteiger partial charge in [0, 0.05) is 0 Å². The molecule has 0 unspecified atom stereocenters. The fourth-order valence-corrected chi connectivity index (χ4v) is 0.880. The molecule has 0 radical (unpaired) electrons. The average molecular weight is 242 g/mol. The number of carbonyl (C=O) groups is 2. The minimum Gasteiger partial charge on any atom is -0.392 e. The summed E-state index contributed by atoms with van der Waals surface area (Å²) in [7, 11) is 0. The molecule has 16 heavy (non-hydrogen) atoms. The van der Waals surface area contributed by atoms with Crippen molar-refractivity contribution in [1.29, 1.82) is 0 Å². The quantitative estimate of drug-likeness (QED) is 0.351. The Balaban J connectivity index is 2.29. The molecule has 0 spiro atoms. The van der Waals surface area contributed by atoms with Crippen LogP contribution in [0.4, 0.5) is 0 Å². The Hall–Kier alpha value is -2.03. The van der Waals surface area contributed by atoms with E-state index < -0.39 is 11.8 Å². The van der Waals surface area contributed by atoms with Gasteiger partial charge in [0.15, 0.2) is 0 Å². The van der Waals surface area contributed by atoms with E-state index in [1.165, 1.54) is 6.33 Å². The van der Waals surface area contributed by atoms with E-state index in [1.807, 2.05) is 0 Å². The minimum absolute atomic E-state index is 0.0100. The second-order valence-corrected chi connectivity index (χ2v) is 3.29. The third kappa shape index (κ3) is 4.00. The molecule has 0 saturated heterocycles. The fraction of sp³-hybridized carbons (Fsp3) is 0.286. The Bertz CT molecular complexity index is 390. The lowest BCUT2D eigenvalue weighted by Gasteiger charge is -2.03. The van der Waals surface area contributed by atoms with Crippen molar-refractivity contribution >= 4 is 29.0 Å². The summed E-state index contributed by atoms with van der Waals surface area (Å²) in [6, 6.07) is 0. The van der Waals surface area contributed by atoms with Crippen LogP contribution in [-0.4, -0.2) is 38.5 Å². The van der Waals surface area contributed by atoms with Gasteiger partial charge in [-0.05, 0) is 0 Å². The molecule has 86 valence electrons. The number of aromatic nitrogens is 3. The maximum atomic E-state index is 11.2. The summed E-state index contributed by atoms with van der Waals surface area (Å²) in [5, 5.41) is 10.7. The molecule has 0 aromatic carbocycles. The van der Waals surface area contributed by atoms with Crippen molar-refractivity contribution in [1.82, 2.24) is 25.8 Å². The zero-order valence-electron chi connectivity index (χ0n) is 8.19. The average Bonchev–Trinajstić information content (AvgIpc) is 2.75. The van der Waals surface area contributed by atoms with Crippen LogP contribution in [0.3, 0.4) is 0 Å². The normalized spacial score (nSPS) is 9.50. The van der Waals surface area contributed by atoms with Crippen LogP contribution < -0.4 is 16.4 Å². The first-order valence-corrected chi connectivity index (χ1v) is 4.69. The molecule has 0 aliphatic rings. The lowest BCUT2D eigenvalue weighted by atomic mass is 10.5. The highest BCUT2D eigenvalue weighted by Crippen LogP contribution is 1.83. The number of nitrogens with two attached hydrogens (primary N) is 1. The van der Waals surface area contributed by atoms with E-state index in [9.17, 15) is 9.59 Å². The first-order chi connectivity index (χ1) is 7.59. The zero-order chi connectivity index (χ0) is 12.0. The molecule has 1 heterocycles. The molecule has 0 bridgehead atoms. The molecule has 1 aromatic heterocycles. The molecular weight excluding hydrogens is 232 g/mol. The third-order valence-corrected chi connectivity index (χ3v) is 1.66. The van der Waals surface area contributed by atoms with Gasteiger partial charge in [-0.2, -0.15) is 5.10 Å². The monoisotopic (exact) mass is 242 g/mol. The summed E-state index contributed by atoms with van der Waals surface area (Å²) in [4.78, 5) is 26.2. The fourth-order valence-electron chi connectivity index (χ4n) is 0.808. The van der Waals surface area contributed by atoms with Gasteiger partial charge in [-0.25, -0.2) is 4.98 Å². The summed E-state index contributed by atoms with van der Waals surface area (Å²) in [6.45, 7) is 0.0865. The number of H-pyrrole nitrogens is 1. The molecular formula is C7H10N6O2S. The summed E-state index contributed by atoms with van der Waals surface area (Å²) < 4.78 is 0. The first kappa shape index (κ1) is 12.0. The molecule has 9 heteroatoms. The second kappa shape index (κ2) is 5.75. The summed E-state index contributed by atoms with van der Waals surface area (Å²) in [6.07, 6.45) is 1.30. The van der Waals surface area contributed by atoms with Gasteiger partial charge in [0.1, 0.15) is 12.2 Å². The smallest absolute Gasteiger partial charge is 0.309 e. The first-order valence-electron chi connectivity index (χ1n) is 4.28. The van der Waals surface area contributed by atoms with Crippen LogP contribution in [0, 0.1) is 0 Å². The Morgan fingerprint density at radius 1 is 1.44 bits per heavy atom. The van der Waals surface area contributed by atoms with Crippen molar-refractivity contribution < 1.29 is 9.59 Å². The number of hydrogen-bond donors (Lipinski definition) is 4. The van der Waals surface area contributed by atoms with Gasteiger partial charge in [0.25, 0.3) is 0 Å². The number of rotatable bonds is 4. The predicted octanol–water partition coefficient (Wildman–Crippen LogP) is -2.18. The van der Waals surface area contributed by atoms with Gasteiger partial charge < -0.3 is 16.4 Å². The van der Waals surface area contributed by atoms with E-state index in [-0.39, 0.29) is 18.1 Å². The molecule has 1 aromatic rings. The molecule has 0 atom stereocenters.